The minimum absolute atomic E-state index is 0. The van der Waals surface area contributed by atoms with Gasteiger partial charge >= 0.3 is 0 Å². The second kappa shape index (κ2) is 20.0. The van der Waals surface area contributed by atoms with E-state index < -0.39 is 0 Å². The fourth-order valence-electron chi connectivity index (χ4n) is 8.41. The van der Waals surface area contributed by atoms with Gasteiger partial charge in [0.25, 0.3) is 0 Å². The molecule has 4 aliphatic rings. The fourth-order valence-corrected chi connectivity index (χ4v) is 8.54. The Bertz CT molecular complexity index is 2040. The zero-order chi connectivity index (χ0) is 40.6. The van der Waals surface area contributed by atoms with E-state index in [4.69, 9.17) is 16.6 Å². The highest BCUT2D eigenvalue weighted by Crippen LogP contribution is 2.41. The molecule has 0 N–H and O–H groups in total. The van der Waals surface area contributed by atoms with Gasteiger partial charge in [0, 0.05) is 37.3 Å². The van der Waals surface area contributed by atoms with Crippen LogP contribution >= 0.6 is 11.6 Å². The Balaban J connectivity index is 0.000000186. The molecule has 2 saturated carbocycles. The van der Waals surface area contributed by atoms with E-state index in [0.717, 1.165) is 67.1 Å². The topological polar surface area (TPSA) is 133 Å². The van der Waals surface area contributed by atoms with E-state index in [1.165, 1.54) is 25.7 Å². The van der Waals surface area contributed by atoms with E-state index >= 15 is 0 Å². The highest BCUT2D eigenvalue weighted by molar-refractivity contribution is 6.28. The molecule has 2 amide bonds. The first-order valence-corrected chi connectivity index (χ1v) is 20.6. The molecule has 58 heavy (non-hydrogen) atoms. The van der Waals surface area contributed by atoms with Crippen LogP contribution < -0.4 is 19.6 Å². The molecule has 0 saturated heterocycles. The van der Waals surface area contributed by atoms with Crippen LogP contribution in [0.4, 0.5) is 23.0 Å². The van der Waals surface area contributed by atoms with Gasteiger partial charge in [0.1, 0.15) is 29.3 Å². The van der Waals surface area contributed by atoms with Gasteiger partial charge in [0.15, 0.2) is 23.2 Å². The van der Waals surface area contributed by atoms with Crippen LogP contribution in [0.2, 0.25) is 5.28 Å². The number of Topliss-reactive ketones (excluding diaryl/α,β-unsaturated/α-hetero) is 2. The van der Waals surface area contributed by atoms with E-state index in [0.29, 0.717) is 23.5 Å². The van der Waals surface area contributed by atoms with Crippen LogP contribution in [0.1, 0.15) is 119 Å². The van der Waals surface area contributed by atoms with Crippen molar-refractivity contribution >= 4 is 58.0 Å². The van der Waals surface area contributed by atoms with Crippen LogP contribution in [-0.4, -0.2) is 81.6 Å². The van der Waals surface area contributed by atoms with Crippen LogP contribution in [-0.2, 0) is 16.0 Å². The Morgan fingerprint density at radius 1 is 0.672 bits per heavy atom. The van der Waals surface area contributed by atoms with Crippen molar-refractivity contribution < 1.29 is 19.2 Å². The molecule has 2 atom stereocenters. The van der Waals surface area contributed by atoms with Gasteiger partial charge < -0.3 is 19.6 Å². The summed E-state index contributed by atoms with van der Waals surface area (Å²) in [7, 11) is 3.57. The van der Waals surface area contributed by atoms with Crippen molar-refractivity contribution in [1.29, 1.82) is 0 Å². The Morgan fingerprint density at radius 3 is 1.53 bits per heavy atom. The number of hydrogen-bond acceptors (Lipinski definition) is 10. The third-order valence-electron chi connectivity index (χ3n) is 11.4. The van der Waals surface area contributed by atoms with E-state index in [-0.39, 0.29) is 54.6 Å². The average Bonchev–Trinajstić information content (AvgIpc) is 3.97. The number of halogens is 1. The second-order valence-electron chi connectivity index (χ2n) is 15.1. The third kappa shape index (κ3) is 9.55. The number of hydrogen-bond donors (Lipinski definition) is 0. The molecule has 8 rings (SSSR count). The van der Waals surface area contributed by atoms with E-state index in [1.54, 1.807) is 43.2 Å². The summed E-state index contributed by atoms with van der Waals surface area (Å²) >= 11 is 5.97. The number of carbonyl (C=O) groups excluding carboxylic acids is 4. The zero-order valence-electron chi connectivity index (χ0n) is 33.6. The number of anilines is 4. The van der Waals surface area contributed by atoms with E-state index in [9.17, 15) is 19.2 Å². The minimum Gasteiger partial charge on any atom is -0.340 e. The average molecular weight is 809 g/mol. The molecule has 2 aromatic carbocycles. The molecule has 0 radical (unpaired) electrons. The van der Waals surface area contributed by atoms with Crippen LogP contribution in [0, 0.1) is 0 Å². The monoisotopic (exact) mass is 808 g/mol. The molecule has 12 nitrogen and oxygen atoms in total. The lowest BCUT2D eigenvalue weighted by Crippen LogP contribution is -2.55. The molecule has 13 heteroatoms. The third-order valence-corrected chi connectivity index (χ3v) is 11.6. The van der Waals surface area contributed by atoms with Gasteiger partial charge in [-0.05, 0) is 57.0 Å². The number of rotatable bonds is 8. The normalized spacial score (nSPS) is 19.0. The smallest absolute Gasteiger partial charge is 0.249 e. The maximum absolute atomic E-state index is 12.9. The van der Waals surface area contributed by atoms with Crippen LogP contribution in [0.5, 0.6) is 0 Å². The molecule has 2 fully saturated rings. The lowest BCUT2D eigenvalue weighted by Gasteiger charge is -2.43. The standard InChI is InChI=1S/C22H26N4O2.C14H19ClN4O.C8H8O.CH4/c1-3-17-22(28)25(2)18-14-23-20(13-19(27)15-9-5-4-6-10-15)24-21(18)26(17)16-11-7-8-12-16;1-3-10-13(20)18(2)11-8-16-14(15)17-12(11)19(10)9-6-4-5-7-9;1-7(9)8-5-3-2-4-6-8;/h4-6,9-10,14,16-17H,3,7-8,11-13H2,1-2H3;8-10H,3-7H2,1-2H3;2-6H,1H3;1H4/t17-;10-;;/m11../s1. The molecule has 2 aliphatic carbocycles. The Kier molecular flexibility index (Phi) is 15.1. The highest BCUT2D eigenvalue weighted by atomic mass is 35.5. The van der Waals surface area contributed by atoms with Crippen molar-refractivity contribution in [2.45, 2.75) is 123 Å². The molecular weight excluding hydrogens is 752 g/mol. The van der Waals surface area contributed by atoms with Gasteiger partial charge in [-0.15, -0.1) is 0 Å². The molecule has 4 heterocycles. The van der Waals surface area contributed by atoms with Crippen molar-refractivity contribution in [2.75, 3.05) is 33.7 Å². The lowest BCUT2D eigenvalue weighted by molar-refractivity contribution is -0.120. The van der Waals surface area contributed by atoms with Crippen LogP contribution in [0.3, 0.4) is 0 Å². The molecule has 308 valence electrons. The maximum Gasteiger partial charge on any atom is 0.249 e. The van der Waals surface area contributed by atoms with Crippen molar-refractivity contribution in [2.24, 2.45) is 0 Å². The number of benzene rings is 2. The zero-order valence-corrected chi connectivity index (χ0v) is 34.4. The Hall–Kier alpha value is -5.23. The van der Waals surface area contributed by atoms with Gasteiger partial charge in [-0.2, -0.15) is 4.98 Å². The summed E-state index contributed by atoms with van der Waals surface area (Å²) in [6.45, 7) is 5.66. The first-order valence-electron chi connectivity index (χ1n) is 20.2. The molecule has 2 aromatic heterocycles. The summed E-state index contributed by atoms with van der Waals surface area (Å²) < 4.78 is 0. The van der Waals surface area contributed by atoms with Crippen molar-refractivity contribution in [3.63, 3.8) is 0 Å². The molecular formula is C45H57ClN8O4. The molecule has 4 aromatic rings. The number of aromatic nitrogens is 4. The number of carbonyl (C=O) groups is 4. The Labute approximate surface area is 348 Å². The summed E-state index contributed by atoms with van der Waals surface area (Å²) in [5.41, 5.74) is 2.93. The summed E-state index contributed by atoms with van der Waals surface area (Å²) in [5.74, 6) is 2.46. The first kappa shape index (κ1) is 43.9. The van der Waals surface area contributed by atoms with Crippen LogP contribution in [0.15, 0.2) is 73.1 Å². The number of ketones is 2. The summed E-state index contributed by atoms with van der Waals surface area (Å²) in [4.78, 5) is 74.1. The lowest BCUT2D eigenvalue weighted by atomic mass is 10.0. The van der Waals surface area contributed by atoms with Crippen molar-refractivity contribution in [3.05, 3.63) is 95.3 Å². The Morgan fingerprint density at radius 2 is 1.10 bits per heavy atom. The van der Waals surface area contributed by atoms with Crippen molar-refractivity contribution in [1.82, 2.24) is 19.9 Å². The van der Waals surface area contributed by atoms with Gasteiger partial charge in [-0.3, -0.25) is 19.2 Å². The summed E-state index contributed by atoms with van der Waals surface area (Å²) in [5, 5.41) is 0.240. The summed E-state index contributed by atoms with van der Waals surface area (Å²) in [6.07, 6.45) is 14.2. The van der Waals surface area contributed by atoms with Crippen LogP contribution in [0.25, 0.3) is 0 Å². The minimum atomic E-state index is -0.201. The number of likely N-dealkylation sites (N-methyl/N-ethyl adjacent to an activating group) is 2. The van der Waals surface area contributed by atoms with Gasteiger partial charge in [0.2, 0.25) is 17.1 Å². The SMILES string of the molecule is C.CC(=O)c1ccccc1.CC[C@@H]1C(=O)N(C)c2cnc(CC(=O)c3ccccc3)nc2N1C1CCCC1.CC[C@@H]1C(=O)N(C)c2cnc(Cl)nc2N1C1CCCC1. The van der Waals surface area contributed by atoms with Crippen molar-refractivity contribution in [3.8, 4) is 0 Å². The molecule has 2 aliphatic heterocycles. The van der Waals surface area contributed by atoms with E-state index in [1.807, 2.05) is 74.5 Å². The quantitative estimate of drug-likeness (QED) is 0.126. The number of amides is 2. The van der Waals surface area contributed by atoms with Gasteiger partial charge in [-0.1, -0.05) is 108 Å². The highest BCUT2D eigenvalue weighted by Gasteiger charge is 2.42. The summed E-state index contributed by atoms with van der Waals surface area (Å²) in [6, 6.07) is 18.8. The van der Waals surface area contributed by atoms with E-state index in [2.05, 4.69) is 24.8 Å². The fraction of sp³-hybridized carbons (Fsp3) is 0.467. The maximum atomic E-state index is 12.9. The molecule has 0 spiro atoms. The molecule has 0 bridgehead atoms. The largest absolute Gasteiger partial charge is 0.340 e. The van der Waals surface area contributed by atoms with Gasteiger partial charge in [-0.25, -0.2) is 15.0 Å². The molecule has 0 unspecified atom stereocenters. The number of nitrogens with zero attached hydrogens (tertiary/aromatic N) is 8. The van der Waals surface area contributed by atoms with Gasteiger partial charge in [0.05, 0.1) is 18.8 Å². The predicted octanol–water partition coefficient (Wildman–Crippen LogP) is 8.57. The number of fused-ring (bicyclic) bond motifs is 2. The predicted molar refractivity (Wildman–Crippen MR) is 231 cm³/mol. The first-order chi connectivity index (χ1) is 27.5. The second-order valence-corrected chi connectivity index (χ2v) is 15.4.